The van der Waals surface area contributed by atoms with Gasteiger partial charge in [-0.05, 0) is 54.1 Å². The fourth-order valence-electron chi connectivity index (χ4n) is 3.48. The van der Waals surface area contributed by atoms with E-state index in [9.17, 15) is 13.2 Å². The summed E-state index contributed by atoms with van der Waals surface area (Å²) in [5.41, 5.74) is 1.66. The van der Waals surface area contributed by atoms with E-state index in [1.54, 1.807) is 12.3 Å². The molecule has 33 heavy (non-hydrogen) atoms. The molecule has 0 saturated carbocycles. The summed E-state index contributed by atoms with van der Waals surface area (Å²) in [6.45, 7) is 0.119. The van der Waals surface area contributed by atoms with Gasteiger partial charge in [-0.3, -0.25) is 0 Å². The van der Waals surface area contributed by atoms with Crippen LogP contribution in [-0.4, -0.2) is 33.8 Å². The molecule has 3 heterocycles. The minimum absolute atomic E-state index is 0.119. The molecular formula is C24H18F3N5O. The van der Waals surface area contributed by atoms with E-state index in [1.807, 2.05) is 31.1 Å². The summed E-state index contributed by atoms with van der Waals surface area (Å²) in [5.74, 6) is -0.359. The maximum absolute atomic E-state index is 13.8. The van der Waals surface area contributed by atoms with E-state index in [0.29, 0.717) is 39.5 Å². The molecule has 0 N–H and O–H groups in total. The number of nitrogens with zero attached hydrogens (tertiary/aromatic N) is 5. The maximum atomic E-state index is 13.8. The van der Waals surface area contributed by atoms with Crippen molar-refractivity contribution in [2.24, 2.45) is 0 Å². The molecule has 0 aliphatic heterocycles. The van der Waals surface area contributed by atoms with Gasteiger partial charge in [0.1, 0.15) is 17.2 Å². The molecule has 0 aliphatic carbocycles. The summed E-state index contributed by atoms with van der Waals surface area (Å²) in [6, 6.07) is 13.2. The molecule has 5 aromatic rings. The first-order valence-electron chi connectivity index (χ1n) is 10.1. The lowest BCUT2D eigenvalue weighted by atomic mass is 10.2. The Morgan fingerprint density at radius 3 is 2.52 bits per heavy atom. The fraction of sp³-hybridized carbons (Fsp3) is 0.125. The normalized spacial score (nSPS) is 11.3. The lowest BCUT2D eigenvalue weighted by molar-refractivity contribution is 0.505. The zero-order valence-electron chi connectivity index (χ0n) is 17.8. The molecule has 0 radical (unpaired) electrons. The Bertz CT molecular complexity index is 1460. The van der Waals surface area contributed by atoms with Crippen LogP contribution in [-0.2, 0) is 6.54 Å². The van der Waals surface area contributed by atoms with Crippen molar-refractivity contribution in [1.82, 2.24) is 19.7 Å². The predicted octanol–water partition coefficient (Wildman–Crippen LogP) is 5.28. The minimum Gasteiger partial charge on any atom is -0.453 e. The van der Waals surface area contributed by atoms with Gasteiger partial charge >= 0.3 is 0 Å². The highest BCUT2D eigenvalue weighted by Gasteiger charge is 2.19. The van der Waals surface area contributed by atoms with Gasteiger partial charge in [-0.15, -0.1) is 5.10 Å². The van der Waals surface area contributed by atoms with Crippen LogP contribution in [0.5, 0.6) is 0 Å². The predicted molar refractivity (Wildman–Crippen MR) is 118 cm³/mol. The summed E-state index contributed by atoms with van der Waals surface area (Å²) >= 11 is 0. The van der Waals surface area contributed by atoms with Gasteiger partial charge in [0.05, 0.1) is 6.54 Å². The highest BCUT2D eigenvalue weighted by atomic mass is 19.2. The van der Waals surface area contributed by atoms with Gasteiger partial charge in [-0.2, -0.15) is 0 Å². The Morgan fingerprint density at radius 1 is 0.939 bits per heavy atom. The molecule has 5 rings (SSSR count). The molecule has 0 saturated heterocycles. The van der Waals surface area contributed by atoms with Crippen molar-refractivity contribution in [1.29, 1.82) is 0 Å². The largest absolute Gasteiger partial charge is 0.453 e. The molecule has 9 heteroatoms. The van der Waals surface area contributed by atoms with Crippen LogP contribution in [0.3, 0.4) is 0 Å². The summed E-state index contributed by atoms with van der Waals surface area (Å²) in [6.07, 6.45) is 1.66. The van der Waals surface area contributed by atoms with E-state index in [4.69, 9.17) is 4.42 Å². The molecule has 0 spiro atoms. The number of hydrogen-bond donors (Lipinski definition) is 0. The zero-order chi connectivity index (χ0) is 23.1. The van der Waals surface area contributed by atoms with Crippen LogP contribution in [0.25, 0.3) is 33.9 Å². The van der Waals surface area contributed by atoms with E-state index < -0.39 is 11.6 Å². The zero-order valence-corrected chi connectivity index (χ0v) is 17.8. The van der Waals surface area contributed by atoms with E-state index in [0.717, 1.165) is 18.0 Å². The van der Waals surface area contributed by atoms with E-state index >= 15 is 0 Å². The number of benzene rings is 2. The molecule has 0 bridgehead atoms. The molecule has 6 nitrogen and oxygen atoms in total. The van der Waals surface area contributed by atoms with Crippen molar-refractivity contribution >= 4 is 16.8 Å². The smallest absolute Gasteiger partial charge is 0.195 e. The second kappa shape index (κ2) is 8.09. The van der Waals surface area contributed by atoms with Crippen LogP contribution >= 0.6 is 0 Å². The molecule has 2 aromatic carbocycles. The average Bonchev–Trinajstić information content (AvgIpc) is 3.40. The Kier molecular flexibility index (Phi) is 5.08. The Hall–Kier alpha value is -4.14. The van der Waals surface area contributed by atoms with Crippen LogP contribution in [0.4, 0.5) is 19.0 Å². The van der Waals surface area contributed by atoms with Crippen LogP contribution in [0.1, 0.15) is 5.56 Å². The van der Waals surface area contributed by atoms with Crippen LogP contribution in [0.15, 0.2) is 65.2 Å². The van der Waals surface area contributed by atoms with Crippen molar-refractivity contribution in [3.8, 4) is 23.0 Å². The van der Waals surface area contributed by atoms with Crippen LogP contribution < -0.4 is 4.90 Å². The number of furan rings is 1. The summed E-state index contributed by atoms with van der Waals surface area (Å²) in [4.78, 5) is 10.9. The van der Waals surface area contributed by atoms with E-state index in [1.165, 1.54) is 28.9 Å². The van der Waals surface area contributed by atoms with Gasteiger partial charge in [0, 0.05) is 31.2 Å². The van der Waals surface area contributed by atoms with Gasteiger partial charge in [0.15, 0.2) is 29.0 Å². The molecule has 0 fully saturated rings. The number of hydrogen-bond acceptors (Lipinski definition) is 5. The quantitative estimate of drug-likeness (QED) is 0.365. The third-order valence-corrected chi connectivity index (χ3v) is 5.15. The monoisotopic (exact) mass is 449 g/mol. The summed E-state index contributed by atoms with van der Waals surface area (Å²) in [5, 5.41) is 5.14. The van der Waals surface area contributed by atoms with Gasteiger partial charge < -0.3 is 9.32 Å². The van der Waals surface area contributed by atoms with Gasteiger partial charge in [0.2, 0.25) is 0 Å². The molecule has 3 aromatic heterocycles. The lowest BCUT2D eigenvalue weighted by Crippen LogP contribution is -2.10. The third kappa shape index (κ3) is 4.05. The fourth-order valence-corrected chi connectivity index (χ4v) is 3.48. The standard InChI is InChI=1S/C24H18F3N5O/c1-31(2)22-8-4-15(12-28-22)23-29-24(21-11-16-10-17(25)5-7-20(16)33-21)32(30-23)13-14-3-6-18(26)19(27)9-14/h3-12H,13H2,1-2H3. The van der Waals surface area contributed by atoms with Crippen molar-refractivity contribution in [2.45, 2.75) is 6.54 Å². The number of pyridine rings is 1. The molecule has 0 amide bonds. The topological polar surface area (TPSA) is 60.0 Å². The van der Waals surface area contributed by atoms with Gasteiger partial charge in [-0.25, -0.2) is 27.8 Å². The minimum atomic E-state index is -0.947. The lowest BCUT2D eigenvalue weighted by Gasteiger charge is -2.10. The highest BCUT2D eigenvalue weighted by Crippen LogP contribution is 2.30. The first-order chi connectivity index (χ1) is 15.9. The first-order valence-corrected chi connectivity index (χ1v) is 10.1. The van der Waals surface area contributed by atoms with Crippen molar-refractivity contribution in [3.63, 3.8) is 0 Å². The van der Waals surface area contributed by atoms with Crippen LogP contribution in [0, 0.1) is 17.5 Å². The molecule has 0 atom stereocenters. The SMILES string of the molecule is CN(C)c1ccc(-c2nc(-c3cc4cc(F)ccc4o3)n(Cc3ccc(F)c(F)c3)n2)cn1. The highest BCUT2D eigenvalue weighted by molar-refractivity contribution is 5.82. The van der Waals surface area contributed by atoms with Crippen molar-refractivity contribution in [2.75, 3.05) is 19.0 Å². The molecule has 0 aliphatic rings. The number of anilines is 1. The summed E-state index contributed by atoms with van der Waals surface area (Å²) in [7, 11) is 3.78. The van der Waals surface area contributed by atoms with Crippen molar-refractivity contribution < 1.29 is 17.6 Å². The summed E-state index contributed by atoms with van der Waals surface area (Å²) < 4.78 is 48.2. The Labute approximate surface area is 186 Å². The first kappa shape index (κ1) is 20.7. The molecular weight excluding hydrogens is 431 g/mol. The second-order valence-corrected chi connectivity index (χ2v) is 7.76. The molecule has 0 unspecified atom stereocenters. The van der Waals surface area contributed by atoms with E-state index in [-0.39, 0.29) is 12.4 Å². The maximum Gasteiger partial charge on any atom is 0.195 e. The van der Waals surface area contributed by atoms with Crippen LogP contribution in [0.2, 0.25) is 0 Å². The second-order valence-electron chi connectivity index (χ2n) is 7.76. The number of fused-ring (bicyclic) bond motifs is 1. The van der Waals surface area contributed by atoms with E-state index in [2.05, 4.69) is 15.1 Å². The van der Waals surface area contributed by atoms with Gasteiger partial charge in [-0.1, -0.05) is 6.07 Å². The Morgan fingerprint density at radius 2 is 1.79 bits per heavy atom. The number of rotatable bonds is 5. The number of aromatic nitrogens is 4. The Balaban J connectivity index is 1.60. The third-order valence-electron chi connectivity index (χ3n) is 5.15. The van der Waals surface area contributed by atoms with Gasteiger partial charge in [0.25, 0.3) is 0 Å². The van der Waals surface area contributed by atoms with Crippen molar-refractivity contribution in [3.05, 3.63) is 83.8 Å². The number of halogens is 3. The molecule has 166 valence electrons. The average molecular weight is 449 g/mol.